The molecule has 1 atom stereocenters. The van der Waals surface area contributed by atoms with Gasteiger partial charge in [-0.15, -0.1) is 0 Å². The first-order chi connectivity index (χ1) is 5.72. The maximum atomic E-state index is 8.74. The minimum Gasteiger partial charge on any atom is -0.395 e. The van der Waals surface area contributed by atoms with Crippen molar-refractivity contribution in [1.29, 1.82) is 0 Å². The Morgan fingerprint density at radius 2 is 2.25 bits per heavy atom. The molecule has 1 aliphatic rings. The van der Waals surface area contributed by atoms with Gasteiger partial charge in [0.1, 0.15) is 0 Å². The Morgan fingerprint density at radius 3 is 2.83 bits per heavy atom. The Labute approximate surface area is 75.0 Å². The second-order valence-corrected chi connectivity index (χ2v) is 3.94. The van der Waals surface area contributed by atoms with Gasteiger partial charge in [0.25, 0.3) is 0 Å². The van der Waals surface area contributed by atoms with E-state index in [1.165, 1.54) is 26.1 Å². The molecule has 3 nitrogen and oxygen atoms in total. The molecule has 72 valence electrons. The van der Waals surface area contributed by atoms with Crippen molar-refractivity contribution in [2.45, 2.75) is 6.42 Å². The monoisotopic (exact) mass is 172 g/mol. The van der Waals surface area contributed by atoms with Crippen LogP contribution in [0.5, 0.6) is 0 Å². The maximum Gasteiger partial charge on any atom is 0.0558 e. The molecule has 0 aromatic carbocycles. The van der Waals surface area contributed by atoms with E-state index in [1.54, 1.807) is 0 Å². The number of hydrogen-bond donors (Lipinski definition) is 1. The molecule has 1 aliphatic heterocycles. The van der Waals surface area contributed by atoms with Crippen LogP contribution in [-0.2, 0) is 0 Å². The zero-order valence-corrected chi connectivity index (χ0v) is 8.16. The van der Waals surface area contributed by atoms with Crippen LogP contribution in [0.25, 0.3) is 0 Å². The van der Waals surface area contributed by atoms with Gasteiger partial charge in [-0.2, -0.15) is 0 Å². The summed E-state index contributed by atoms with van der Waals surface area (Å²) in [6, 6.07) is 0. The number of likely N-dealkylation sites (tertiary alicyclic amines) is 1. The Kier molecular flexibility index (Phi) is 3.98. The molecule has 0 aromatic rings. The van der Waals surface area contributed by atoms with E-state index in [9.17, 15) is 0 Å². The van der Waals surface area contributed by atoms with E-state index in [2.05, 4.69) is 23.9 Å². The lowest BCUT2D eigenvalue weighted by atomic mass is 10.1. The van der Waals surface area contributed by atoms with E-state index in [0.29, 0.717) is 6.61 Å². The van der Waals surface area contributed by atoms with Crippen molar-refractivity contribution in [3.05, 3.63) is 0 Å². The summed E-state index contributed by atoms with van der Waals surface area (Å²) in [5.74, 6) is 0.812. The summed E-state index contributed by atoms with van der Waals surface area (Å²) in [7, 11) is 4.24. The fourth-order valence-electron chi connectivity index (χ4n) is 1.92. The van der Waals surface area contributed by atoms with E-state index in [4.69, 9.17) is 5.11 Å². The number of nitrogens with zero attached hydrogens (tertiary/aromatic N) is 2. The SMILES string of the molecule is CN(C)CC1CCN(CCO)C1. The van der Waals surface area contributed by atoms with Crippen LogP contribution in [0.3, 0.4) is 0 Å². The van der Waals surface area contributed by atoms with Gasteiger partial charge in [-0.05, 0) is 33.0 Å². The first-order valence-corrected chi connectivity index (χ1v) is 4.70. The summed E-state index contributed by atoms with van der Waals surface area (Å²) >= 11 is 0. The van der Waals surface area contributed by atoms with Crippen LogP contribution >= 0.6 is 0 Å². The van der Waals surface area contributed by atoms with Gasteiger partial charge in [0.2, 0.25) is 0 Å². The van der Waals surface area contributed by atoms with Crippen LogP contribution in [0.1, 0.15) is 6.42 Å². The van der Waals surface area contributed by atoms with Crippen molar-refractivity contribution >= 4 is 0 Å². The van der Waals surface area contributed by atoms with Gasteiger partial charge in [-0.1, -0.05) is 0 Å². The standard InChI is InChI=1S/C9H20N2O/c1-10(2)7-9-3-4-11(8-9)5-6-12/h9,12H,3-8H2,1-2H3. The Hall–Kier alpha value is -0.120. The predicted molar refractivity (Wildman–Crippen MR) is 50.2 cm³/mol. The molecule has 1 N–H and O–H groups in total. The first-order valence-electron chi connectivity index (χ1n) is 4.70. The molecule has 3 heteroatoms. The molecule has 1 heterocycles. The van der Waals surface area contributed by atoms with Crippen molar-refractivity contribution in [2.75, 3.05) is 46.9 Å². The van der Waals surface area contributed by atoms with Crippen LogP contribution in [0.4, 0.5) is 0 Å². The quantitative estimate of drug-likeness (QED) is 0.639. The van der Waals surface area contributed by atoms with Crippen molar-refractivity contribution in [1.82, 2.24) is 9.80 Å². The zero-order valence-electron chi connectivity index (χ0n) is 8.16. The molecule has 0 aliphatic carbocycles. The normalized spacial score (nSPS) is 25.5. The number of aliphatic hydroxyl groups excluding tert-OH is 1. The van der Waals surface area contributed by atoms with E-state index in [-0.39, 0.29) is 0 Å². The molecule has 1 fully saturated rings. The molecular formula is C9H20N2O. The van der Waals surface area contributed by atoms with Gasteiger partial charge in [0.15, 0.2) is 0 Å². The van der Waals surface area contributed by atoms with Gasteiger partial charge in [-0.25, -0.2) is 0 Å². The summed E-state index contributed by atoms with van der Waals surface area (Å²) < 4.78 is 0. The topological polar surface area (TPSA) is 26.7 Å². The summed E-state index contributed by atoms with van der Waals surface area (Å²) in [5, 5.41) is 8.74. The number of rotatable bonds is 4. The van der Waals surface area contributed by atoms with E-state index >= 15 is 0 Å². The molecule has 0 saturated carbocycles. The van der Waals surface area contributed by atoms with Gasteiger partial charge >= 0.3 is 0 Å². The lowest BCUT2D eigenvalue weighted by Crippen LogP contribution is -2.27. The summed E-state index contributed by atoms with van der Waals surface area (Å²) in [4.78, 5) is 4.58. The second kappa shape index (κ2) is 4.80. The van der Waals surface area contributed by atoms with Gasteiger partial charge < -0.3 is 14.9 Å². The Morgan fingerprint density at radius 1 is 1.50 bits per heavy atom. The molecule has 12 heavy (non-hydrogen) atoms. The van der Waals surface area contributed by atoms with Crippen molar-refractivity contribution in [3.63, 3.8) is 0 Å². The van der Waals surface area contributed by atoms with E-state index < -0.39 is 0 Å². The second-order valence-electron chi connectivity index (χ2n) is 3.94. The van der Waals surface area contributed by atoms with Crippen LogP contribution in [0.2, 0.25) is 0 Å². The van der Waals surface area contributed by atoms with Crippen LogP contribution < -0.4 is 0 Å². The fourth-order valence-corrected chi connectivity index (χ4v) is 1.92. The van der Waals surface area contributed by atoms with Gasteiger partial charge in [-0.3, -0.25) is 0 Å². The molecule has 1 unspecified atom stereocenters. The molecule has 0 radical (unpaired) electrons. The van der Waals surface area contributed by atoms with Crippen LogP contribution in [-0.4, -0.2) is 61.8 Å². The first kappa shape index (κ1) is 9.96. The Balaban J connectivity index is 2.16. The highest BCUT2D eigenvalue weighted by molar-refractivity contribution is 4.76. The van der Waals surface area contributed by atoms with Crippen molar-refractivity contribution in [3.8, 4) is 0 Å². The minimum atomic E-state index is 0.300. The average molecular weight is 172 g/mol. The minimum absolute atomic E-state index is 0.300. The predicted octanol–water partition coefficient (Wildman–Crippen LogP) is -0.138. The fraction of sp³-hybridized carbons (Fsp3) is 1.00. The van der Waals surface area contributed by atoms with Crippen LogP contribution in [0.15, 0.2) is 0 Å². The molecular weight excluding hydrogens is 152 g/mol. The maximum absolute atomic E-state index is 8.74. The molecule has 1 rings (SSSR count). The third-order valence-electron chi connectivity index (χ3n) is 2.41. The lowest BCUT2D eigenvalue weighted by Gasteiger charge is -2.17. The van der Waals surface area contributed by atoms with Gasteiger partial charge in [0.05, 0.1) is 6.61 Å². The Bertz CT molecular complexity index is 128. The summed E-state index contributed by atoms with van der Waals surface area (Å²) in [5.41, 5.74) is 0. The van der Waals surface area contributed by atoms with Gasteiger partial charge in [0, 0.05) is 19.6 Å². The van der Waals surface area contributed by atoms with Crippen molar-refractivity contribution in [2.24, 2.45) is 5.92 Å². The molecule has 0 spiro atoms. The highest BCUT2D eigenvalue weighted by Crippen LogP contribution is 2.15. The average Bonchev–Trinajstić information content (AvgIpc) is 2.36. The molecule has 0 aromatic heterocycles. The highest BCUT2D eigenvalue weighted by atomic mass is 16.3. The summed E-state index contributed by atoms with van der Waals surface area (Å²) in [6.45, 7) is 4.67. The molecule has 0 amide bonds. The molecule has 1 saturated heterocycles. The third kappa shape index (κ3) is 3.09. The van der Waals surface area contributed by atoms with Crippen molar-refractivity contribution < 1.29 is 5.11 Å². The highest BCUT2D eigenvalue weighted by Gasteiger charge is 2.21. The largest absolute Gasteiger partial charge is 0.395 e. The third-order valence-corrected chi connectivity index (χ3v) is 2.41. The summed E-state index contributed by atoms with van der Waals surface area (Å²) in [6.07, 6.45) is 1.29. The van der Waals surface area contributed by atoms with E-state index in [1.807, 2.05) is 0 Å². The number of aliphatic hydroxyl groups is 1. The number of hydrogen-bond acceptors (Lipinski definition) is 3. The lowest BCUT2D eigenvalue weighted by molar-refractivity contribution is 0.213. The molecule has 0 bridgehead atoms. The number of β-amino-alcohol motifs (C(OH)–C–C–N with tert-alkyl or cyclic N) is 1. The van der Waals surface area contributed by atoms with Crippen LogP contribution in [0, 0.1) is 5.92 Å². The zero-order chi connectivity index (χ0) is 8.97. The smallest absolute Gasteiger partial charge is 0.0558 e. The van der Waals surface area contributed by atoms with E-state index in [0.717, 1.165) is 12.5 Å².